The van der Waals surface area contributed by atoms with E-state index in [0.29, 0.717) is 6.54 Å². The topological polar surface area (TPSA) is 49.8 Å². The average Bonchev–Trinajstić information content (AvgIpc) is 2.43. The van der Waals surface area contributed by atoms with Gasteiger partial charge in [0.1, 0.15) is 5.60 Å². The van der Waals surface area contributed by atoms with Gasteiger partial charge in [-0.1, -0.05) is 5.92 Å². The first-order chi connectivity index (χ1) is 6.83. The number of carbonyl (C=O) groups excluding carboxylic acids is 1. The number of aliphatic hydroxyl groups is 1. The average molecular weight is 211 g/mol. The molecule has 1 rings (SSSR count). The molecule has 15 heavy (non-hydrogen) atoms. The largest absolute Gasteiger partial charge is 0.444 e. The van der Waals surface area contributed by atoms with E-state index in [-0.39, 0.29) is 12.5 Å². The van der Waals surface area contributed by atoms with Gasteiger partial charge in [0.05, 0.1) is 18.6 Å². The lowest BCUT2D eigenvalue weighted by atomic mass is 10.1. The van der Waals surface area contributed by atoms with Gasteiger partial charge in [-0.25, -0.2) is 4.79 Å². The van der Waals surface area contributed by atoms with Gasteiger partial charge in [-0.15, -0.1) is 6.42 Å². The van der Waals surface area contributed by atoms with Crippen LogP contribution in [-0.2, 0) is 4.74 Å². The smallest absolute Gasteiger partial charge is 0.410 e. The monoisotopic (exact) mass is 211 g/mol. The molecule has 1 amide bonds. The van der Waals surface area contributed by atoms with Crippen molar-refractivity contribution in [3.05, 3.63) is 0 Å². The fraction of sp³-hybridized carbons (Fsp3) is 0.727. The van der Waals surface area contributed by atoms with Gasteiger partial charge in [0.15, 0.2) is 0 Å². The number of likely N-dealkylation sites (tertiary alicyclic amines) is 1. The molecular weight excluding hydrogens is 194 g/mol. The van der Waals surface area contributed by atoms with Crippen molar-refractivity contribution in [3.63, 3.8) is 0 Å². The molecule has 0 saturated carbocycles. The summed E-state index contributed by atoms with van der Waals surface area (Å²) in [5, 5.41) is 9.51. The Kier molecular flexibility index (Phi) is 3.25. The van der Waals surface area contributed by atoms with Crippen molar-refractivity contribution in [2.75, 3.05) is 13.1 Å². The number of β-amino-alcohol motifs (C(OH)–C–C–N with tert-alkyl or cyclic N) is 1. The number of aliphatic hydroxyl groups excluding tert-OH is 1. The van der Waals surface area contributed by atoms with Crippen LogP contribution < -0.4 is 0 Å². The van der Waals surface area contributed by atoms with Crippen molar-refractivity contribution in [2.45, 2.75) is 32.5 Å². The van der Waals surface area contributed by atoms with E-state index in [9.17, 15) is 9.90 Å². The zero-order valence-electron chi connectivity index (χ0n) is 9.36. The summed E-state index contributed by atoms with van der Waals surface area (Å²) in [4.78, 5) is 13.0. The summed E-state index contributed by atoms with van der Waals surface area (Å²) in [6.45, 7) is 6.03. The summed E-state index contributed by atoms with van der Waals surface area (Å²) in [7, 11) is 0. The van der Waals surface area contributed by atoms with Crippen molar-refractivity contribution in [3.8, 4) is 12.3 Å². The molecule has 0 aliphatic carbocycles. The van der Waals surface area contributed by atoms with Gasteiger partial charge in [0.25, 0.3) is 0 Å². The number of hydrogen-bond donors (Lipinski definition) is 1. The van der Waals surface area contributed by atoms with E-state index < -0.39 is 17.8 Å². The Bertz CT molecular complexity index is 287. The van der Waals surface area contributed by atoms with Gasteiger partial charge in [-0.05, 0) is 20.8 Å². The zero-order valence-corrected chi connectivity index (χ0v) is 9.36. The van der Waals surface area contributed by atoms with Gasteiger partial charge in [0, 0.05) is 6.54 Å². The molecular formula is C11H17NO3. The summed E-state index contributed by atoms with van der Waals surface area (Å²) in [6, 6.07) is 0. The third-order valence-corrected chi connectivity index (χ3v) is 2.15. The Labute approximate surface area is 90.2 Å². The molecule has 1 fully saturated rings. The summed E-state index contributed by atoms with van der Waals surface area (Å²) in [6.07, 6.45) is 4.17. The molecule has 2 unspecified atom stereocenters. The highest BCUT2D eigenvalue weighted by molar-refractivity contribution is 5.68. The van der Waals surface area contributed by atoms with E-state index in [2.05, 4.69) is 5.92 Å². The molecule has 84 valence electrons. The second-order valence-electron chi connectivity index (χ2n) is 4.73. The molecule has 0 spiro atoms. The van der Waals surface area contributed by atoms with Crippen molar-refractivity contribution in [2.24, 2.45) is 5.92 Å². The second-order valence-corrected chi connectivity index (χ2v) is 4.73. The predicted molar refractivity (Wildman–Crippen MR) is 56.1 cm³/mol. The molecule has 4 nitrogen and oxygen atoms in total. The maximum atomic E-state index is 11.6. The number of rotatable bonds is 0. The molecule has 0 aromatic rings. The highest BCUT2D eigenvalue weighted by Gasteiger charge is 2.34. The van der Waals surface area contributed by atoms with Gasteiger partial charge in [-0.3, -0.25) is 0 Å². The number of nitrogens with zero attached hydrogens (tertiary/aromatic N) is 1. The molecule has 1 saturated heterocycles. The van der Waals surface area contributed by atoms with E-state index >= 15 is 0 Å². The quantitative estimate of drug-likeness (QED) is 0.604. The van der Waals surface area contributed by atoms with Gasteiger partial charge in [0.2, 0.25) is 0 Å². The molecule has 0 aromatic heterocycles. The summed E-state index contributed by atoms with van der Waals surface area (Å²) in [5.74, 6) is 2.18. The standard InChI is InChI=1S/C11H17NO3/c1-5-8-6-12(7-9(8)13)10(14)15-11(2,3)4/h1,8-9,13H,6-7H2,2-4H3. The zero-order chi connectivity index (χ0) is 11.6. The molecule has 1 heterocycles. The first-order valence-electron chi connectivity index (χ1n) is 4.95. The Morgan fingerprint density at radius 1 is 1.53 bits per heavy atom. The van der Waals surface area contributed by atoms with Crippen LogP contribution in [0.3, 0.4) is 0 Å². The molecule has 0 radical (unpaired) electrons. The van der Waals surface area contributed by atoms with E-state index in [0.717, 1.165) is 0 Å². The Morgan fingerprint density at radius 3 is 2.53 bits per heavy atom. The van der Waals surface area contributed by atoms with E-state index in [1.54, 1.807) is 20.8 Å². The Hall–Kier alpha value is -1.21. The fourth-order valence-corrected chi connectivity index (χ4v) is 1.43. The van der Waals surface area contributed by atoms with Crippen LogP contribution in [0.15, 0.2) is 0 Å². The van der Waals surface area contributed by atoms with E-state index in [4.69, 9.17) is 11.2 Å². The number of ether oxygens (including phenoxy) is 1. The Morgan fingerprint density at radius 2 is 2.13 bits per heavy atom. The molecule has 1 aliphatic heterocycles. The van der Waals surface area contributed by atoms with Crippen molar-refractivity contribution in [1.29, 1.82) is 0 Å². The molecule has 0 bridgehead atoms. The third-order valence-electron chi connectivity index (χ3n) is 2.15. The van der Waals surface area contributed by atoms with E-state index in [1.807, 2.05) is 0 Å². The minimum Gasteiger partial charge on any atom is -0.444 e. The van der Waals surface area contributed by atoms with Crippen LogP contribution in [0.1, 0.15) is 20.8 Å². The highest BCUT2D eigenvalue weighted by Crippen LogP contribution is 2.19. The van der Waals surface area contributed by atoms with Crippen LogP contribution >= 0.6 is 0 Å². The summed E-state index contributed by atoms with van der Waals surface area (Å²) < 4.78 is 5.17. The van der Waals surface area contributed by atoms with Crippen molar-refractivity contribution < 1.29 is 14.6 Å². The number of terminal acetylenes is 1. The lowest BCUT2D eigenvalue weighted by Gasteiger charge is -2.24. The van der Waals surface area contributed by atoms with Crippen LogP contribution in [0.2, 0.25) is 0 Å². The normalized spacial score (nSPS) is 26.2. The van der Waals surface area contributed by atoms with Crippen LogP contribution in [0.25, 0.3) is 0 Å². The molecule has 2 atom stereocenters. The SMILES string of the molecule is C#CC1CN(C(=O)OC(C)(C)C)CC1O. The van der Waals surface area contributed by atoms with Gasteiger partial charge < -0.3 is 14.7 Å². The maximum Gasteiger partial charge on any atom is 0.410 e. The first-order valence-corrected chi connectivity index (χ1v) is 4.95. The highest BCUT2D eigenvalue weighted by atomic mass is 16.6. The minimum absolute atomic E-state index is 0.254. The number of carbonyl (C=O) groups is 1. The molecule has 1 N–H and O–H groups in total. The number of amides is 1. The summed E-state index contributed by atoms with van der Waals surface area (Å²) in [5.41, 5.74) is -0.518. The number of hydrogen-bond acceptors (Lipinski definition) is 3. The van der Waals surface area contributed by atoms with Crippen molar-refractivity contribution in [1.82, 2.24) is 4.90 Å². The fourth-order valence-electron chi connectivity index (χ4n) is 1.43. The van der Waals surface area contributed by atoms with Crippen LogP contribution in [0.5, 0.6) is 0 Å². The second kappa shape index (κ2) is 4.11. The van der Waals surface area contributed by atoms with E-state index in [1.165, 1.54) is 4.90 Å². The van der Waals surface area contributed by atoms with Gasteiger partial charge >= 0.3 is 6.09 Å². The lowest BCUT2D eigenvalue weighted by molar-refractivity contribution is 0.0270. The van der Waals surface area contributed by atoms with Gasteiger partial charge in [-0.2, -0.15) is 0 Å². The van der Waals surface area contributed by atoms with Crippen LogP contribution in [0.4, 0.5) is 4.79 Å². The third kappa shape index (κ3) is 3.14. The van der Waals surface area contributed by atoms with Crippen LogP contribution in [0, 0.1) is 18.3 Å². The predicted octanol–water partition coefficient (Wildman–Crippen LogP) is 0.847. The minimum atomic E-state index is -0.637. The maximum absolute atomic E-state index is 11.6. The molecule has 4 heteroatoms. The lowest BCUT2D eigenvalue weighted by Crippen LogP contribution is -2.35. The van der Waals surface area contributed by atoms with Crippen molar-refractivity contribution >= 4 is 6.09 Å². The summed E-state index contributed by atoms with van der Waals surface area (Å²) >= 11 is 0. The Balaban J connectivity index is 2.54. The molecule has 0 aromatic carbocycles. The van der Waals surface area contributed by atoms with Crippen LogP contribution in [-0.4, -0.2) is 40.9 Å². The molecule has 1 aliphatic rings. The first kappa shape index (κ1) is 11.9.